The van der Waals surface area contributed by atoms with E-state index in [1.165, 1.54) is 7.11 Å². The predicted molar refractivity (Wildman–Crippen MR) is 140 cm³/mol. The number of halogens is 3. The molecular formula is C29H30F3N3O2. The first kappa shape index (κ1) is 27.5. The van der Waals surface area contributed by atoms with Crippen LogP contribution in [0.4, 0.5) is 19.0 Å². The molecule has 1 aliphatic carbocycles. The Morgan fingerprint density at radius 3 is 2.41 bits per heavy atom. The molecule has 1 fully saturated rings. The second-order valence-corrected chi connectivity index (χ2v) is 8.80. The number of methoxy groups -OCH3 is 1. The van der Waals surface area contributed by atoms with Crippen LogP contribution in [0.2, 0.25) is 0 Å². The maximum atomic E-state index is 13.4. The van der Waals surface area contributed by atoms with E-state index in [1.54, 1.807) is 24.4 Å². The Labute approximate surface area is 215 Å². The Hall–Kier alpha value is -4.07. The van der Waals surface area contributed by atoms with Crippen molar-refractivity contribution >= 4 is 11.7 Å². The van der Waals surface area contributed by atoms with Crippen molar-refractivity contribution < 1.29 is 22.7 Å². The number of anilines is 1. The summed E-state index contributed by atoms with van der Waals surface area (Å²) in [4.78, 5) is 17.0. The molecule has 2 N–H and O–H groups in total. The van der Waals surface area contributed by atoms with Gasteiger partial charge in [0.25, 0.3) is 0 Å². The van der Waals surface area contributed by atoms with E-state index in [0.29, 0.717) is 5.82 Å². The highest BCUT2D eigenvalue weighted by atomic mass is 19.4. The predicted octanol–water partition coefficient (Wildman–Crippen LogP) is 6.77. The maximum Gasteiger partial charge on any atom is 0.401 e. The van der Waals surface area contributed by atoms with E-state index in [2.05, 4.69) is 35.4 Å². The lowest BCUT2D eigenvalue weighted by Crippen LogP contribution is -2.29. The van der Waals surface area contributed by atoms with Crippen LogP contribution in [-0.2, 0) is 16.0 Å². The smallest absolute Gasteiger partial charge is 0.401 e. The van der Waals surface area contributed by atoms with Gasteiger partial charge in [0.05, 0.1) is 13.5 Å². The minimum absolute atomic E-state index is 0.0417. The zero-order chi connectivity index (χ0) is 27.2. The minimum atomic E-state index is -4.42. The lowest BCUT2D eigenvalue weighted by Gasteiger charge is -2.21. The summed E-state index contributed by atoms with van der Waals surface area (Å²) >= 11 is 0. The topological polar surface area (TPSA) is 63.2 Å². The lowest BCUT2D eigenvalue weighted by molar-refractivity contribution is -0.184. The van der Waals surface area contributed by atoms with Crippen molar-refractivity contribution in [3.63, 3.8) is 0 Å². The quantitative estimate of drug-likeness (QED) is 0.259. The number of allylic oxidation sites excluding steroid dienone is 5. The number of nitrogens with one attached hydrogen (secondary N) is 2. The highest BCUT2D eigenvalue weighted by Gasteiger charge is 2.66. The van der Waals surface area contributed by atoms with Crippen LogP contribution in [0, 0.1) is 12.3 Å². The number of nitrogens with zero attached hydrogens (tertiary/aromatic N) is 1. The third kappa shape index (κ3) is 6.58. The molecule has 1 saturated carbocycles. The number of amides is 1. The highest BCUT2D eigenvalue weighted by Crippen LogP contribution is 2.62. The van der Waals surface area contributed by atoms with E-state index in [-0.39, 0.29) is 36.6 Å². The van der Waals surface area contributed by atoms with Crippen molar-refractivity contribution in [2.24, 2.45) is 5.41 Å². The molecule has 5 nitrogen and oxygen atoms in total. The molecular weight excluding hydrogens is 479 g/mol. The number of aryl methyl sites for hydroxylation is 1. The van der Waals surface area contributed by atoms with Crippen LogP contribution in [0.25, 0.3) is 11.1 Å². The largest absolute Gasteiger partial charge is 0.500 e. The molecule has 0 unspecified atom stereocenters. The summed E-state index contributed by atoms with van der Waals surface area (Å²) in [6.07, 6.45) is 3.57. The first-order chi connectivity index (χ1) is 17.5. The van der Waals surface area contributed by atoms with Crippen LogP contribution in [-0.4, -0.2) is 24.2 Å². The first-order valence-corrected chi connectivity index (χ1v) is 11.6. The second-order valence-electron chi connectivity index (χ2n) is 8.80. The van der Waals surface area contributed by atoms with E-state index in [1.807, 2.05) is 37.3 Å². The molecule has 0 bridgehead atoms. The standard InChI is InChI=1S/C29H30F3N3O2/c1-6-8-24(7-2)35-26-12-11-23(18-33-26)22-10-9-21(19(3)15-22)17-27(36)34-20(4)16-25(37-5)28(13-14-28)29(30,31)32/h6-12,15-16,18H,1-2,4,13-14,17H2,3,5H3,(H,33,35)(H,34,36)/b24-8+,25-16-. The van der Waals surface area contributed by atoms with Crippen molar-refractivity contribution in [3.05, 3.63) is 109 Å². The molecule has 1 amide bonds. The Balaban J connectivity index is 1.65. The van der Waals surface area contributed by atoms with Gasteiger partial charge in [0, 0.05) is 23.2 Å². The van der Waals surface area contributed by atoms with Crippen molar-refractivity contribution in [2.75, 3.05) is 12.4 Å². The number of pyridine rings is 1. The summed E-state index contributed by atoms with van der Waals surface area (Å²) in [5.74, 6) is 0.0423. The van der Waals surface area contributed by atoms with Gasteiger partial charge in [-0.25, -0.2) is 4.98 Å². The molecule has 1 aliphatic rings. The fraction of sp³-hybridized carbons (Fsp3) is 0.241. The van der Waals surface area contributed by atoms with E-state index in [0.717, 1.165) is 34.0 Å². The molecule has 1 heterocycles. The van der Waals surface area contributed by atoms with Crippen molar-refractivity contribution in [1.82, 2.24) is 10.3 Å². The lowest BCUT2D eigenvalue weighted by atomic mass is 9.99. The molecule has 0 aliphatic heterocycles. The number of hydrogen-bond donors (Lipinski definition) is 2. The Bertz CT molecular complexity index is 1250. The third-order valence-corrected chi connectivity index (χ3v) is 6.17. The van der Waals surface area contributed by atoms with Crippen LogP contribution in [0.3, 0.4) is 0 Å². The Morgan fingerprint density at radius 2 is 1.89 bits per heavy atom. The number of benzene rings is 1. The van der Waals surface area contributed by atoms with Gasteiger partial charge in [-0.2, -0.15) is 13.2 Å². The molecule has 0 atom stereocenters. The van der Waals surface area contributed by atoms with E-state index < -0.39 is 11.6 Å². The SMILES string of the molecule is C=C/C=C(\C=C)Nc1ccc(-c2ccc(CC(=O)NC(=C)/C=C(\OC)C3(C(F)(F)F)CC3)c(C)c2)cn1. The van der Waals surface area contributed by atoms with Gasteiger partial charge in [0.2, 0.25) is 5.91 Å². The molecule has 8 heteroatoms. The number of alkyl halides is 3. The van der Waals surface area contributed by atoms with Gasteiger partial charge in [0.1, 0.15) is 17.0 Å². The summed E-state index contributed by atoms with van der Waals surface area (Å²) in [6.45, 7) is 13.0. The molecule has 37 heavy (non-hydrogen) atoms. The zero-order valence-electron chi connectivity index (χ0n) is 20.9. The zero-order valence-corrected chi connectivity index (χ0v) is 20.9. The van der Waals surface area contributed by atoms with Gasteiger partial charge in [-0.05, 0) is 66.8 Å². The Kier molecular flexibility index (Phi) is 8.42. The fourth-order valence-electron chi connectivity index (χ4n) is 3.93. The number of hydrogen-bond acceptors (Lipinski definition) is 4. The van der Waals surface area contributed by atoms with Gasteiger partial charge in [-0.1, -0.05) is 44.0 Å². The van der Waals surface area contributed by atoms with Crippen LogP contribution < -0.4 is 10.6 Å². The normalized spacial score (nSPS) is 14.9. The molecule has 194 valence electrons. The van der Waals surface area contributed by atoms with Crippen LogP contribution in [0.5, 0.6) is 0 Å². The Morgan fingerprint density at radius 1 is 1.19 bits per heavy atom. The average molecular weight is 510 g/mol. The number of carbonyl (C=O) groups is 1. The van der Waals surface area contributed by atoms with E-state index >= 15 is 0 Å². The van der Waals surface area contributed by atoms with Crippen LogP contribution in [0.15, 0.2) is 97.7 Å². The fourth-order valence-corrected chi connectivity index (χ4v) is 3.93. The number of carbonyl (C=O) groups excluding carboxylic acids is 1. The summed E-state index contributed by atoms with van der Waals surface area (Å²) in [6, 6.07) is 9.48. The number of ether oxygens (including phenoxy) is 1. The summed E-state index contributed by atoms with van der Waals surface area (Å²) in [5, 5.41) is 5.70. The van der Waals surface area contributed by atoms with E-state index in [9.17, 15) is 18.0 Å². The molecule has 0 saturated heterocycles. The summed E-state index contributed by atoms with van der Waals surface area (Å²) < 4.78 is 45.2. The van der Waals surface area contributed by atoms with Gasteiger partial charge in [-0.3, -0.25) is 4.79 Å². The number of rotatable bonds is 11. The molecule has 1 aromatic heterocycles. The molecule has 1 aromatic carbocycles. The second kappa shape index (κ2) is 11.3. The van der Waals surface area contributed by atoms with Gasteiger partial charge in [0.15, 0.2) is 0 Å². The average Bonchev–Trinajstić information content (AvgIpc) is 3.66. The summed E-state index contributed by atoms with van der Waals surface area (Å²) in [7, 11) is 1.19. The van der Waals surface area contributed by atoms with Gasteiger partial charge in [-0.15, -0.1) is 0 Å². The van der Waals surface area contributed by atoms with Crippen molar-refractivity contribution in [2.45, 2.75) is 32.4 Å². The van der Waals surface area contributed by atoms with Crippen LogP contribution in [0.1, 0.15) is 24.0 Å². The maximum absolute atomic E-state index is 13.4. The van der Waals surface area contributed by atoms with Crippen LogP contribution >= 0.6 is 0 Å². The molecule has 0 radical (unpaired) electrons. The van der Waals surface area contributed by atoms with Gasteiger partial charge < -0.3 is 15.4 Å². The highest BCUT2D eigenvalue weighted by molar-refractivity contribution is 5.81. The monoisotopic (exact) mass is 509 g/mol. The minimum Gasteiger partial charge on any atom is -0.500 e. The van der Waals surface area contributed by atoms with Gasteiger partial charge >= 0.3 is 6.18 Å². The van der Waals surface area contributed by atoms with Crippen molar-refractivity contribution in [1.29, 1.82) is 0 Å². The molecule has 0 spiro atoms. The van der Waals surface area contributed by atoms with E-state index in [4.69, 9.17) is 4.74 Å². The third-order valence-electron chi connectivity index (χ3n) is 6.17. The first-order valence-electron chi connectivity index (χ1n) is 11.6. The van der Waals surface area contributed by atoms with Crippen molar-refractivity contribution in [3.8, 4) is 11.1 Å². The molecule has 3 rings (SSSR count). The number of aromatic nitrogens is 1. The molecule has 2 aromatic rings. The summed E-state index contributed by atoms with van der Waals surface area (Å²) in [5.41, 5.74) is 2.36.